The number of H-pyrrole nitrogens is 1. The van der Waals surface area contributed by atoms with Crippen LogP contribution in [0.1, 0.15) is 51.1 Å². The number of hydrogen-bond acceptors (Lipinski definition) is 6. The molecule has 3 aromatic heterocycles. The van der Waals surface area contributed by atoms with E-state index in [-0.39, 0.29) is 11.4 Å². The lowest BCUT2D eigenvalue weighted by molar-refractivity contribution is 0.0975. The number of hydrogen-bond donors (Lipinski definition) is 1. The number of pyridine rings is 1. The molecule has 1 unspecified atom stereocenters. The SMILES string of the molecule is Cc1nc(-c2ccccc2)ccc1C(=O)C(C#N)c1nc2sc3c(c2c(=O)[nH]1)CCCC3. The van der Waals surface area contributed by atoms with E-state index in [1.165, 1.54) is 16.2 Å². The van der Waals surface area contributed by atoms with Crippen molar-refractivity contribution in [3.05, 3.63) is 80.3 Å². The largest absolute Gasteiger partial charge is 0.308 e. The molecule has 0 bridgehead atoms. The van der Waals surface area contributed by atoms with E-state index < -0.39 is 11.7 Å². The number of ketones is 1. The summed E-state index contributed by atoms with van der Waals surface area (Å²) in [6.07, 6.45) is 3.99. The van der Waals surface area contributed by atoms with Crippen LogP contribution in [0, 0.1) is 18.3 Å². The second-order valence-electron chi connectivity index (χ2n) is 7.96. The minimum absolute atomic E-state index is 0.0973. The molecule has 158 valence electrons. The fourth-order valence-electron chi connectivity index (χ4n) is 4.31. The molecule has 6 nitrogen and oxygen atoms in total. The van der Waals surface area contributed by atoms with Crippen molar-refractivity contribution in [2.24, 2.45) is 0 Å². The number of aromatic amines is 1. The molecule has 3 heterocycles. The van der Waals surface area contributed by atoms with Gasteiger partial charge in [-0.05, 0) is 50.3 Å². The van der Waals surface area contributed by atoms with Crippen LogP contribution >= 0.6 is 11.3 Å². The topological polar surface area (TPSA) is 99.5 Å². The van der Waals surface area contributed by atoms with Crippen LogP contribution in [0.2, 0.25) is 0 Å². The Kier molecular flexibility index (Phi) is 5.16. The van der Waals surface area contributed by atoms with Gasteiger partial charge in [-0.3, -0.25) is 14.6 Å². The molecule has 1 aliphatic carbocycles. The molecule has 0 spiro atoms. The number of rotatable bonds is 4. The molecule has 0 saturated heterocycles. The van der Waals surface area contributed by atoms with E-state index >= 15 is 0 Å². The summed E-state index contributed by atoms with van der Waals surface area (Å²) in [7, 11) is 0. The first-order chi connectivity index (χ1) is 15.6. The third kappa shape index (κ3) is 3.43. The molecule has 4 aromatic rings. The average molecular weight is 441 g/mol. The lowest BCUT2D eigenvalue weighted by Crippen LogP contribution is -2.20. The van der Waals surface area contributed by atoms with Crippen molar-refractivity contribution in [3.63, 3.8) is 0 Å². The smallest absolute Gasteiger partial charge is 0.259 e. The zero-order chi connectivity index (χ0) is 22.2. The predicted molar refractivity (Wildman–Crippen MR) is 124 cm³/mol. The summed E-state index contributed by atoms with van der Waals surface area (Å²) in [6, 6.07) is 15.2. The van der Waals surface area contributed by atoms with Crippen molar-refractivity contribution in [3.8, 4) is 17.3 Å². The molecule has 0 aliphatic heterocycles. The first-order valence-electron chi connectivity index (χ1n) is 10.6. The number of carbonyl (C=O) groups excluding carboxylic acids is 1. The monoisotopic (exact) mass is 440 g/mol. The molecule has 1 aliphatic rings. The van der Waals surface area contributed by atoms with Gasteiger partial charge in [0.1, 0.15) is 10.7 Å². The second-order valence-corrected chi connectivity index (χ2v) is 9.05. The third-order valence-electron chi connectivity index (χ3n) is 5.93. The molecule has 7 heteroatoms. The molecule has 0 amide bonds. The van der Waals surface area contributed by atoms with Crippen LogP contribution in [0.5, 0.6) is 0 Å². The van der Waals surface area contributed by atoms with Crippen LogP contribution in [0.3, 0.4) is 0 Å². The Labute approximate surface area is 188 Å². The zero-order valence-electron chi connectivity index (χ0n) is 17.5. The number of thiophene rings is 1. The Morgan fingerprint density at radius 2 is 1.91 bits per heavy atom. The summed E-state index contributed by atoms with van der Waals surface area (Å²) >= 11 is 1.50. The fraction of sp³-hybridized carbons (Fsp3) is 0.240. The Hall–Kier alpha value is -3.63. The van der Waals surface area contributed by atoms with Crippen molar-refractivity contribution in [2.75, 3.05) is 0 Å². The van der Waals surface area contributed by atoms with E-state index in [0.29, 0.717) is 21.5 Å². The lowest BCUT2D eigenvalue weighted by Gasteiger charge is -2.11. The Bertz CT molecular complexity index is 1450. The summed E-state index contributed by atoms with van der Waals surface area (Å²) in [6.45, 7) is 1.75. The van der Waals surface area contributed by atoms with E-state index in [2.05, 4.69) is 15.0 Å². The van der Waals surface area contributed by atoms with Crippen LogP contribution in [0.15, 0.2) is 47.3 Å². The molecule has 1 N–H and O–H groups in total. The van der Waals surface area contributed by atoms with Crippen LogP contribution < -0.4 is 5.56 Å². The van der Waals surface area contributed by atoms with Gasteiger partial charge in [-0.25, -0.2) is 4.98 Å². The van der Waals surface area contributed by atoms with Gasteiger partial charge in [0.25, 0.3) is 5.56 Å². The van der Waals surface area contributed by atoms with Crippen molar-refractivity contribution in [1.82, 2.24) is 15.0 Å². The highest BCUT2D eigenvalue weighted by molar-refractivity contribution is 7.18. The van der Waals surface area contributed by atoms with Gasteiger partial charge in [0.05, 0.1) is 17.1 Å². The van der Waals surface area contributed by atoms with Crippen molar-refractivity contribution in [2.45, 2.75) is 38.5 Å². The van der Waals surface area contributed by atoms with Gasteiger partial charge in [-0.15, -0.1) is 11.3 Å². The third-order valence-corrected chi connectivity index (χ3v) is 7.11. The number of carbonyl (C=O) groups is 1. The van der Waals surface area contributed by atoms with E-state index in [4.69, 9.17) is 0 Å². The molecule has 0 fully saturated rings. The van der Waals surface area contributed by atoms with Gasteiger partial charge >= 0.3 is 0 Å². The highest BCUT2D eigenvalue weighted by Crippen LogP contribution is 2.34. The molecule has 0 radical (unpaired) electrons. The molecular formula is C25H20N4O2S. The van der Waals surface area contributed by atoms with Crippen LogP contribution in [0.4, 0.5) is 0 Å². The summed E-state index contributed by atoms with van der Waals surface area (Å²) in [5, 5.41) is 10.4. The first-order valence-corrected chi connectivity index (χ1v) is 11.4. The molecule has 5 rings (SSSR count). The van der Waals surface area contributed by atoms with Crippen molar-refractivity contribution < 1.29 is 4.79 Å². The molecule has 0 saturated carbocycles. The number of benzene rings is 1. The predicted octanol–water partition coefficient (Wildman–Crippen LogP) is 4.72. The molecule has 32 heavy (non-hydrogen) atoms. The highest BCUT2D eigenvalue weighted by Gasteiger charge is 2.28. The maximum Gasteiger partial charge on any atom is 0.259 e. The van der Waals surface area contributed by atoms with Crippen LogP contribution in [0.25, 0.3) is 21.5 Å². The summed E-state index contributed by atoms with van der Waals surface area (Å²) in [4.78, 5) is 39.8. The maximum atomic E-state index is 13.3. The van der Waals surface area contributed by atoms with E-state index in [9.17, 15) is 14.9 Å². The number of nitriles is 1. The number of aryl methyl sites for hydroxylation is 3. The summed E-state index contributed by atoms with van der Waals surface area (Å²) < 4.78 is 0. The Morgan fingerprint density at radius 3 is 2.66 bits per heavy atom. The normalized spacial score (nSPS) is 14.0. The standard InChI is InChI=1S/C25H20N4O2S/c1-14-16(11-12-19(27-14)15-7-3-2-4-8-15)22(30)18(13-26)23-28-24(31)21-17-9-5-6-10-20(17)32-25(21)29-23/h2-4,7-8,11-12,18H,5-6,9-10H2,1H3,(H,28,29,31). The number of aromatic nitrogens is 3. The second kappa shape index (κ2) is 8.13. The van der Waals surface area contributed by atoms with Crippen LogP contribution in [-0.4, -0.2) is 20.7 Å². The number of nitrogens with zero attached hydrogens (tertiary/aromatic N) is 3. The van der Waals surface area contributed by atoms with Gasteiger partial charge in [0.15, 0.2) is 11.7 Å². The summed E-state index contributed by atoms with van der Waals surface area (Å²) in [5.41, 5.74) is 3.39. The highest BCUT2D eigenvalue weighted by atomic mass is 32.1. The zero-order valence-corrected chi connectivity index (χ0v) is 18.3. The van der Waals surface area contributed by atoms with Crippen molar-refractivity contribution >= 4 is 27.3 Å². The molecule has 1 atom stereocenters. The number of Topliss-reactive ketones (excluding diaryl/α,β-unsaturated/α-hetero) is 1. The van der Waals surface area contributed by atoms with E-state index in [1.54, 1.807) is 19.1 Å². The van der Waals surface area contributed by atoms with E-state index in [1.807, 2.05) is 36.4 Å². The minimum Gasteiger partial charge on any atom is -0.308 e. The Morgan fingerprint density at radius 1 is 1.12 bits per heavy atom. The molecule has 1 aromatic carbocycles. The van der Waals surface area contributed by atoms with E-state index in [0.717, 1.165) is 42.5 Å². The van der Waals surface area contributed by atoms with Gasteiger partial charge in [0.2, 0.25) is 0 Å². The Balaban J connectivity index is 1.53. The maximum absolute atomic E-state index is 13.3. The first kappa shape index (κ1) is 20.3. The van der Waals surface area contributed by atoms with Gasteiger partial charge in [0, 0.05) is 21.7 Å². The van der Waals surface area contributed by atoms with Crippen molar-refractivity contribution in [1.29, 1.82) is 5.26 Å². The minimum atomic E-state index is -1.20. The average Bonchev–Trinajstić information content (AvgIpc) is 3.19. The molecular weight excluding hydrogens is 420 g/mol. The van der Waals surface area contributed by atoms with Gasteiger partial charge < -0.3 is 4.98 Å². The van der Waals surface area contributed by atoms with Gasteiger partial charge in [-0.2, -0.15) is 5.26 Å². The van der Waals surface area contributed by atoms with Crippen LogP contribution in [-0.2, 0) is 12.8 Å². The number of nitrogens with one attached hydrogen (secondary N) is 1. The number of fused-ring (bicyclic) bond motifs is 3. The lowest BCUT2D eigenvalue weighted by atomic mass is 9.95. The van der Waals surface area contributed by atoms with Gasteiger partial charge in [-0.1, -0.05) is 30.3 Å². The summed E-state index contributed by atoms with van der Waals surface area (Å²) in [5.74, 6) is -1.52. The quantitative estimate of drug-likeness (QED) is 0.463. The fourth-order valence-corrected chi connectivity index (χ4v) is 5.58.